The number of para-hydroxylation sites is 1. The largest absolute Gasteiger partial charge is 0.358 e. The van der Waals surface area contributed by atoms with Crippen molar-refractivity contribution < 1.29 is 14.4 Å². The Bertz CT molecular complexity index is 1740. The summed E-state index contributed by atoms with van der Waals surface area (Å²) >= 11 is 0. The highest BCUT2D eigenvalue weighted by molar-refractivity contribution is 6.16. The molecule has 4 atom stereocenters. The smallest absolute Gasteiger partial charge is 0.238 e. The van der Waals surface area contributed by atoms with Gasteiger partial charge in [-0.1, -0.05) is 117 Å². The Morgan fingerprint density at radius 2 is 1.49 bits per heavy atom. The van der Waals surface area contributed by atoms with E-state index in [2.05, 4.69) is 12.2 Å². The standard InChI is InChI=1S/C38H34N2O3/c1-2-3-5-12-25-19-21-28(22-20-25)34(41)32-33(35(42)27-14-6-4-7-15-27)40-24-23-26-13-8-9-16-29(26)36(40)38(32)30-17-10-11-18-31(30)39-37(38)43/h4,6-11,13-24,32-33,36H,2-3,5,12H2,1H3,(H,39,43)/t32-,33+,36-,38-/m1/s1. The van der Waals surface area contributed by atoms with Gasteiger partial charge in [0, 0.05) is 23.0 Å². The molecule has 3 aliphatic rings. The maximum Gasteiger partial charge on any atom is 0.238 e. The van der Waals surface area contributed by atoms with Gasteiger partial charge in [-0.3, -0.25) is 14.4 Å². The minimum atomic E-state index is -1.32. The fourth-order valence-electron chi connectivity index (χ4n) is 7.54. The molecule has 5 nitrogen and oxygen atoms in total. The summed E-state index contributed by atoms with van der Waals surface area (Å²) < 4.78 is 0. The Labute approximate surface area is 252 Å². The minimum absolute atomic E-state index is 0.168. The highest BCUT2D eigenvalue weighted by atomic mass is 16.2. The van der Waals surface area contributed by atoms with Gasteiger partial charge in [-0.25, -0.2) is 0 Å². The van der Waals surface area contributed by atoms with E-state index < -0.39 is 23.4 Å². The molecule has 0 saturated carbocycles. The first-order valence-electron chi connectivity index (χ1n) is 15.2. The third-order valence-corrected chi connectivity index (χ3v) is 9.49. The molecular formula is C38H34N2O3. The average Bonchev–Trinajstić information content (AvgIpc) is 3.53. The van der Waals surface area contributed by atoms with E-state index in [9.17, 15) is 14.4 Å². The molecule has 1 saturated heterocycles. The molecule has 7 rings (SSSR count). The molecule has 3 heterocycles. The van der Waals surface area contributed by atoms with Crippen molar-refractivity contribution in [3.05, 3.63) is 143 Å². The van der Waals surface area contributed by atoms with Crippen molar-refractivity contribution in [2.24, 2.45) is 5.92 Å². The summed E-state index contributed by atoms with van der Waals surface area (Å²) in [7, 11) is 0. The number of unbranched alkanes of at least 4 members (excludes halogenated alkanes) is 2. The molecule has 3 aliphatic heterocycles. The average molecular weight is 567 g/mol. The van der Waals surface area contributed by atoms with Gasteiger partial charge in [-0.05, 0) is 47.2 Å². The Kier molecular flexibility index (Phi) is 6.81. The lowest BCUT2D eigenvalue weighted by Gasteiger charge is -2.38. The zero-order valence-corrected chi connectivity index (χ0v) is 24.2. The number of fused-ring (bicyclic) bond motifs is 6. The molecule has 43 heavy (non-hydrogen) atoms. The molecule has 1 N–H and O–H groups in total. The van der Waals surface area contributed by atoms with Crippen LogP contribution < -0.4 is 5.32 Å². The molecular weight excluding hydrogens is 532 g/mol. The number of amides is 1. The van der Waals surface area contributed by atoms with Crippen LogP contribution in [0, 0.1) is 5.92 Å². The second kappa shape index (κ2) is 10.8. The second-order valence-corrected chi connectivity index (χ2v) is 11.8. The summed E-state index contributed by atoms with van der Waals surface area (Å²) in [5.41, 5.74) is 4.27. The van der Waals surface area contributed by atoms with Gasteiger partial charge in [-0.2, -0.15) is 0 Å². The molecule has 214 valence electrons. The van der Waals surface area contributed by atoms with Crippen LogP contribution >= 0.6 is 0 Å². The Hall–Kier alpha value is -4.77. The lowest BCUT2D eigenvalue weighted by molar-refractivity contribution is -0.122. The number of carbonyl (C=O) groups is 3. The number of rotatable bonds is 8. The lowest BCUT2D eigenvalue weighted by atomic mass is 9.62. The first-order valence-corrected chi connectivity index (χ1v) is 15.2. The van der Waals surface area contributed by atoms with Crippen molar-refractivity contribution >= 4 is 29.2 Å². The van der Waals surface area contributed by atoms with Crippen molar-refractivity contribution in [1.29, 1.82) is 0 Å². The van der Waals surface area contributed by atoms with E-state index in [-0.39, 0.29) is 17.5 Å². The number of aryl methyl sites for hydroxylation is 1. The SMILES string of the molecule is CCCCCc1ccc(C(=O)[C@H]2[C@@H](C(=O)c3ccccc3)N3C=Cc4ccccc4[C@@H]3[C@]23C(=O)Nc2ccccc23)cc1. The van der Waals surface area contributed by atoms with Crippen LogP contribution in [0.5, 0.6) is 0 Å². The van der Waals surface area contributed by atoms with Gasteiger partial charge < -0.3 is 10.2 Å². The molecule has 4 aromatic carbocycles. The molecule has 0 radical (unpaired) electrons. The predicted molar refractivity (Wildman–Crippen MR) is 169 cm³/mol. The Morgan fingerprint density at radius 3 is 2.28 bits per heavy atom. The number of nitrogens with zero attached hydrogens (tertiary/aromatic N) is 1. The van der Waals surface area contributed by atoms with E-state index in [1.807, 2.05) is 108 Å². The molecule has 0 bridgehead atoms. The maximum atomic E-state index is 15.0. The molecule has 0 unspecified atom stereocenters. The summed E-state index contributed by atoms with van der Waals surface area (Å²) in [6.45, 7) is 2.19. The fraction of sp³-hybridized carbons (Fsp3) is 0.237. The molecule has 0 aromatic heterocycles. The van der Waals surface area contributed by atoms with Gasteiger partial charge in [0.15, 0.2) is 11.6 Å². The van der Waals surface area contributed by atoms with Gasteiger partial charge in [0.25, 0.3) is 0 Å². The highest BCUT2D eigenvalue weighted by Gasteiger charge is 2.70. The van der Waals surface area contributed by atoms with Crippen LogP contribution in [0.3, 0.4) is 0 Å². The number of anilines is 1. The summed E-state index contributed by atoms with van der Waals surface area (Å²) in [4.78, 5) is 46.0. The summed E-state index contributed by atoms with van der Waals surface area (Å²) in [5, 5.41) is 3.11. The number of carbonyl (C=O) groups excluding carboxylic acids is 3. The zero-order chi connectivity index (χ0) is 29.6. The Morgan fingerprint density at radius 1 is 0.791 bits per heavy atom. The molecule has 0 aliphatic carbocycles. The monoisotopic (exact) mass is 566 g/mol. The van der Waals surface area contributed by atoms with Gasteiger partial charge in [-0.15, -0.1) is 0 Å². The van der Waals surface area contributed by atoms with Crippen LogP contribution in [-0.2, 0) is 16.6 Å². The topological polar surface area (TPSA) is 66.5 Å². The quantitative estimate of drug-likeness (QED) is 0.178. The maximum absolute atomic E-state index is 15.0. The van der Waals surface area contributed by atoms with E-state index in [4.69, 9.17) is 0 Å². The van der Waals surface area contributed by atoms with Crippen molar-refractivity contribution in [3.63, 3.8) is 0 Å². The summed E-state index contributed by atoms with van der Waals surface area (Å²) in [6, 6.07) is 31.1. The number of nitrogens with one attached hydrogen (secondary N) is 1. The predicted octanol–water partition coefficient (Wildman–Crippen LogP) is 7.40. The van der Waals surface area contributed by atoms with Gasteiger partial charge in [0.2, 0.25) is 5.91 Å². The van der Waals surface area contributed by atoms with E-state index in [1.165, 1.54) is 5.56 Å². The molecule has 1 spiro atoms. The fourth-order valence-corrected chi connectivity index (χ4v) is 7.54. The first-order chi connectivity index (χ1) is 21.1. The first kappa shape index (κ1) is 27.1. The normalized spacial score (nSPS) is 23.0. The van der Waals surface area contributed by atoms with Crippen LogP contribution in [0.2, 0.25) is 0 Å². The molecule has 1 fully saturated rings. The van der Waals surface area contributed by atoms with Gasteiger partial charge in [0.1, 0.15) is 11.5 Å². The van der Waals surface area contributed by atoms with Crippen LogP contribution in [0.1, 0.15) is 75.2 Å². The summed E-state index contributed by atoms with van der Waals surface area (Å²) in [6.07, 6.45) is 8.27. The highest BCUT2D eigenvalue weighted by Crippen LogP contribution is 2.62. The van der Waals surface area contributed by atoms with E-state index in [1.54, 1.807) is 12.1 Å². The zero-order valence-electron chi connectivity index (χ0n) is 24.2. The second-order valence-electron chi connectivity index (χ2n) is 11.8. The van der Waals surface area contributed by atoms with E-state index >= 15 is 0 Å². The van der Waals surface area contributed by atoms with Crippen molar-refractivity contribution in [1.82, 2.24) is 4.90 Å². The number of Topliss-reactive ketones (excluding diaryl/α,β-unsaturated/α-hetero) is 2. The molecule has 4 aromatic rings. The molecule has 1 amide bonds. The Balaban J connectivity index is 1.44. The minimum Gasteiger partial charge on any atom is -0.358 e. The number of ketones is 2. The van der Waals surface area contributed by atoms with E-state index in [0.717, 1.165) is 42.4 Å². The van der Waals surface area contributed by atoms with Crippen molar-refractivity contribution in [3.8, 4) is 0 Å². The van der Waals surface area contributed by atoms with Gasteiger partial charge >= 0.3 is 0 Å². The van der Waals surface area contributed by atoms with Gasteiger partial charge in [0.05, 0.1) is 12.0 Å². The van der Waals surface area contributed by atoms with Crippen LogP contribution in [0.25, 0.3) is 6.08 Å². The van der Waals surface area contributed by atoms with Crippen molar-refractivity contribution in [2.75, 3.05) is 5.32 Å². The van der Waals surface area contributed by atoms with E-state index in [0.29, 0.717) is 16.8 Å². The van der Waals surface area contributed by atoms with Crippen LogP contribution in [0.15, 0.2) is 109 Å². The number of benzene rings is 4. The molecule has 5 heteroatoms. The van der Waals surface area contributed by atoms with Crippen LogP contribution in [-0.4, -0.2) is 28.4 Å². The number of hydrogen-bond donors (Lipinski definition) is 1. The van der Waals surface area contributed by atoms with Crippen molar-refractivity contribution in [2.45, 2.75) is 50.1 Å². The van der Waals surface area contributed by atoms with Crippen LogP contribution in [0.4, 0.5) is 5.69 Å². The number of hydrogen-bond acceptors (Lipinski definition) is 4. The lowest BCUT2D eigenvalue weighted by Crippen LogP contribution is -2.49. The summed E-state index contributed by atoms with van der Waals surface area (Å²) in [5.74, 6) is -1.57. The third-order valence-electron chi connectivity index (χ3n) is 9.49. The third kappa shape index (κ3) is 4.17.